The first kappa shape index (κ1) is 27.2. The van der Waals surface area contributed by atoms with E-state index in [0.29, 0.717) is 28.3 Å². The predicted octanol–water partition coefficient (Wildman–Crippen LogP) is 6.41. The fourth-order valence-corrected chi connectivity index (χ4v) is 6.41. The molecule has 11 heteroatoms. The van der Waals surface area contributed by atoms with Crippen molar-refractivity contribution in [3.8, 4) is 0 Å². The number of rotatable bonds is 10. The fourth-order valence-electron chi connectivity index (χ4n) is 5.24. The van der Waals surface area contributed by atoms with Crippen LogP contribution >= 0.6 is 23.5 Å². The van der Waals surface area contributed by atoms with Crippen molar-refractivity contribution in [2.24, 2.45) is 0 Å². The van der Waals surface area contributed by atoms with E-state index in [2.05, 4.69) is 46.9 Å². The molecule has 204 valence electrons. The van der Waals surface area contributed by atoms with Gasteiger partial charge in [0.1, 0.15) is 10.8 Å². The molecule has 0 unspecified atom stereocenters. The second kappa shape index (κ2) is 12.6. The second-order valence-corrected chi connectivity index (χ2v) is 11.8. The van der Waals surface area contributed by atoms with Crippen LogP contribution in [0.15, 0.2) is 24.4 Å². The van der Waals surface area contributed by atoms with Gasteiger partial charge in [-0.1, -0.05) is 23.5 Å². The first-order chi connectivity index (χ1) is 18.4. The summed E-state index contributed by atoms with van der Waals surface area (Å²) in [5.41, 5.74) is 3.44. The molecule has 8 nitrogen and oxygen atoms in total. The number of halogens is 2. The molecule has 0 spiro atoms. The van der Waals surface area contributed by atoms with Gasteiger partial charge in [-0.05, 0) is 94.8 Å². The summed E-state index contributed by atoms with van der Waals surface area (Å²) in [7, 11) is 0. The molecule has 0 saturated carbocycles. The van der Waals surface area contributed by atoms with Gasteiger partial charge in [-0.2, -0.15) is 10.1 Å². The Morgan fingerprint density at radius 1 is 1.11 bits per heavy atom. The zero-order valence-electron chi connectivity index (χ0n) is 22.1. The Hall–Kier alpha value is -2.40. The summed E-state index contributed by atoms with van der Waals surface area (Å²) in [5.74, 6) is 2.53. The summed E-state index contributed by atoms with van der Waals surface area (Å²) >= 11 is 8.27. The van der Waals surface area contributed by atoms with Crippen LogP contribution in [0.3, 0.4) is 0 Å². The number of hydrogen-bond acceptors (Lipinski definition) is 8. The highest BCUT2D eigenvalue weighted by molar-refractivity contribution is 7.97. The summed E-state index contributed by atoms with van der Waals surface area (Å²) in [4.78, 5) is 11.2. The normalized spacial score (nSPS) is 17.3. The van der Waals surface area contributed by atoms with Gasteiger partial charge in [0.15, 0.2) is 11.6 Å². The average Bonchev–Trinajstić information content (AvgIpc) is 3.58. The van der Waals surface area contributed by atoms with E-state index in [1.54, 1.807) is 6.07 Å². The third kappa shape index (κ3) is 6.97. The van der Waals surface area contributed by atoms with Gasteiger partial charge in [-0.3, -0.25) is 9.40 Å². The van der Waals surface area contributed by atoms with Gasteiger partial charge >= 0.3 is 0 Å². The molecule has 38 heavy (non-hydrogen) atoms. The van der Waals surface area contributed by atoms with Crippen molar-refractivity contribution in [1.82, 2.24) is 29.4 Å². The summed E-state index contributed by atoms with van der Waals surface area (Å²) in [5, 5.41) is 13.4. The minimum atomic E-state index is -0.303. The van der Waals surface area contributed by atoms with Crippen LogP contribution in [0.1, 0.15) is 54.8 Å². The quantitative estimate of drug-likeness (QED) is 0.194. The number of likely N-dealkylation sites (tertiary alicyclic amines) is 1. The summed E-state index contributed by atoms with van der Waals surface area (Å²) in [6, 6.07) is 5.38. The number of nitrogens with one attached hydrogen (secondary N) is 3. The van der Waals surface area contributed by atoms with E-state index in [9.17, 15) is 0 Å². The minimum Gasteiger partial charge on any atom is -0.322 e. The van der Waals surface area contributed by atoms with Gasteiger partial charge in [0, 0.05) is 30.6 Å². The highest BCUT2D eigenvalue weighted by Crippen LogP contribution is 2.34. The fraction of sp³-hybridized carbons (Fsp3) is 0.519. The molecule has 3 N–H and O–H groups in total. The smallest absolute Gasteiger partial charge is 0.229 e. The predicted molar refractivity (Wildman–Crippen MR) is 154 cm³/mol. The molecule has 4 heterocycles. The number of H-pyrrole nitrogens is 1. The molecule has 0 radical (unpaired) electrons. The number of aromatic amines is 1. The van der Waals surface area contributed by atoms with Crippen LogP contribution in [0, 0.1) is 19.7 Å². The second-order valence-electron chi connectivity index (χ2n) is 10.2. The van der Waals surface area contributed by atoms with E-state index in [-0.39, 0.29) is 11.8 Å². The van der Waals surface area contributed by atoms with Gasteiger partial charge in [-0.25, -0.2) is 9.37 Å². The van der Waals surface area contributed by atoms with Gasteiger partial charge in [-0.15, -0.1) is 0 Å². The Labute approximate surface area is 233 Å². The van der Waals surface area contributed by atoms with Gasteiger partial charge in [0.05, 0.1) is 11.9 Å². The number of nitrogens with zero attached hydrogens (tertiary/aromatic N) is 5. The lowest BCUT2D eigenvalue weighted by Gasteiger charge is -2.33. The van der Waals surface area contributed by atoms with Crippen molar-refractivity contribution >= 4 is 46.8 Å². The van der Waals surface area contributed by atoms with Crippen molar-refractivity contribution in [1.29, 1.82) is 0 Å². The van der Waals surface area contributed by atoms with E-state index in [1.807, 2.05) is 31.0 Å². The molecule has 0 aliphatic carbocycles. The lowest BCUT2D eigenvalue weighted by molar-refractivity contribution is 0.213. The third-order valence-corrected chi connectivity index (χ3v) is 8.76. The number of aryl methyl sites for hydroxylation is 2. The Balaban J connectivity index is 1.15. The molecule has 5 rings (SSSR count). The molecular weight excluding hydrogens is 523 g/mol. The van der Waals surface area contributed by atoms with E-state index in [4.69, 9.17) is 11.6 Å². The van der Waals surface area contributed by atoms with Crippen LogP contribution in [0.2, 0.25) is 5.02 Å². The molecule has 2 aliphatic rings. The molecular formula is C27H36ClFN8S. The maximum atomic E-state index is 15.2. The Kier molecular flexibility index (Phi) is 9.04. The maximum Gasteiger partial charge on any atom is 0.229 e. The molecule has 0 atom stereocenters. The monoisotopic (exact) mass is 558 g/mol. The Morgan fingerprint density at radius 2 is 1.89 bits per heavy atom. The summed E-state index contributed by atoms with van der Waals surface area (Å²) in [6.45, 7) is 9.75. The summed E-state index contributed by atoms with van der Waals surface area (Å²) in [6.07, 6.45) is 7.53. The van der Waals surface area contributed by atoms with E-state index in [1.165, 1.54) is 44.3 Å². The number of benzene rings is 1. The van der Waals surface area contributed by atoms with Gasteiger partial charge in [0.25, 0.3) is 0 Å². The SMILES string of the molecule is Cc1cc(Nc2nc(Nc3cc(C)c(C4CCN(CCCSN5CCCC5)CC4)cc3F)ncc2Cl)n[nH]1. The van der Waals surface area contributed by atoms with Crippen molar-refractivity contribution in [2.45, 2.75) is 51.9 Å². The van der Waals surface area contributed by atoms with Crippen LogP contribution in [0.5, 0.6) is 0 Å². The van der Waals surface area contributed by atoms with Crippen molar-refractivity contribution in [3.63, 3.8) is 0 Å². The van der Waals surface area contributed by atoms with Crippen molar-refractivity contribution in [3.05, 3.63) is 52.1 Å². The van der Waals surface area contributed by atoms with E-state index >= 15 is 4.39 Å². The lowest BCUT2D eigenvalue weighted by Crippen LogP contribution is -2.34. The highest BCUT2D eigenvalue weighted by atomic mass is 35.5. The van der Waals surface area contributed by atoms with Crippen molar-refractivity contribution < 1.29 is 4.39 Å². The highest BCUT2D eigenvalue weighted by Gasteiger charge is 2.23. The lowest BCUT2D eigenvalue weighted by atomic mass is 9.86. The molecule has 0 amide bonds. The molecule has 2 aliphatic heterocycles. The molecule has 2 fully saturated rings. The Morgan fingerprint density at radius 3 is 2.63 bits per heavy atom. The first-order valence-electron chi connectivity index (χ1n) is 13.4. The first-order valence-corrected chi connectivity index (χ1v) is 14.8. The number of aromatic nitrogens is 4. The standard InChI is InChI=1S/C27H36ClFN8S/c1-18-14-24(31-27-30-17-22(28)26(33-27)32-25-15-19(2)34-35-25)23(29)16-21(18)20-6-11-36(12-7-20)8-5-13-38-37-9-3-4-10-37/h14-17,20H,3-13H2,1-2H3,(H3,30,31,32,33,34,35). The molecule has 0 bridgehead atoms. The van der Waals surface area contributed by atoms with Gasteiger partial charge < -0.3 is 15.5 Å². The van der Waals surface area contributed by atoms with Gasteiger partial charge in [0.2, 0.25) is 5.95 Å². The molecule has 2 saturated heterocycles. The molecule has 2 aromatic heterocycles. The van der Waals surface area contributed by atoms with Crippen molar-refractivity contribution in [2.75, 3.05) is 49.1 Å². The van der Waals surface area contributed by atoms with E-state index in [0.717, 1.165) is 49.3 Å². The number of piperidine rings is 1. The zero-order valence-corrected chi connectivity index (χ0v) is 23.6. The van der Waals surface area contributed by atoms with Crippen LogP contribution < -0.4 is 10.6 Å². The zero-order chi connectivity index (χ0) is 26.5. The van der Waals surface area contributed by atoms with Crippen LogP contribution in [-0.4, -0.2) is 67.8 Å². The molecule has 3 aromatic rings. The minimum absolute atomic E-state index is 0.256. The average molecular weight is 559 g/mol. The Bertz CT molecular complexity index is 1220. The number of hydrogen-bond donors (Lipinski definition) is 3. The number of anilines is 4. The van der Waals surface area contributed by atoms with Crippen LogP contribution in [-0.2, 0) is 0 Å². The maximum absolute atomic E-state index is 15.2. The van der Waals surface area contributed by atoms with Crippen LogP contribution in [0.4, 0.5) is 27.7 Å². The largest absolute Gasteiger partial charge is 0.322 e. The topological polar surface area (TPSA) is 85.0 Å². The molecule has 1 aromatic carbocycles. The van der Waals surface area contributed by atoms with E-state index < -0.39 is 0 Å². The third-order valence-electron chi connectivity index (χ3n) is 7.28. The van der Waals surface area contributed by atoms with Crippen LogP contribution in [0.25, 0.3) is 0 Å². The summed E-state index contributed by atoms with van der Waals surface area (Å²) < 4.78 is 17.7.